The molecule has 0 bridgehead atoms. The molecule has 3 aromatic rings. The zero-order valence-corrected chi connectivity index (χ0v) is 38.1. The highest BCUT2D eigenvalue weighted by Crippen LogP contribution is 2.31. The molecule has 3 N–H and O–H groups in total. The molecular weight excluding hydrogens is 777 g/mol. The van der Waals surface area contributed by atoms with E-state index in [-0.39, 0.29) is 59.8 Å². The van der Waals surface area contributed by atoms with Crippen LogP contribution in [0.2, 0.25) is 0 Å². The number of benzene rings is 2. The van der Waals surface area contributed by atoms with Crippen LogP contribution in [0.4, 0.5) is 5.69 Å². The molecule has 1 aromatic heterocycles. The van der Waals surface area contributed by atoms with Gasteiger partial charge in [0, 0.05) is 49.5 Å². The lowest BCUT2D eigenvalue weighted by atomic mass is 9.92. The molecule has 1 unspecified atom stereocenters. The van der Waals surface area contributed by atoms with Crippen LogP contribution in [0.1, 0.15) is 133 Å². The van der Waals surface area contributed by atoms with Gasteiger partial charge < -0.3 is 25.6 Å². The molecule has 12 nitrogen and oxygen atoms in total. The third-order valence-electron chi connectivity index (χ3n) is 11.8. The molecule has 4 rings (SSSR count). The minimum atomic E-state index is -0.831. The van der Waals surface area contributed by atoms with Crippen molar-refractivity contribution in [3.63, 3.8) is 0 Å². The summed E-state index contributed by atoms with van der Waals surface area (Å²) in [6.07, 6.45) is 3.77. The number of anilines is 1. The van der Waals surface area contributed by atoms with Crippen LogP contribution in [-0.4, -0.2) is 89.2 Å². The molecule has 4 amide bonds. The van der Waals surface area contributed by atoms with Crippen LogP contribution in [0.3, 0.4) is 0 Å². The van der Waals surface area contributed by atoms with Crippen molar-refractivity contribution in [1.82, 2.24) is 25.4 Å². The fourth-order valence-corrected chi connectivity index (χ4v) is 8.70. The third-order valence-corrected chi connectivity index (χ3v) is 12.8. The van der Waals surface area contributed by atoms with Gasteiger partial charge in [0.1, 0.15) is 16.7 Å². The monoisotopic (exact) mass is 844 g/mol. The maximum absolute atomic E-state index is 14.3. The van der Waals surface area contributed by atoms with Crippen LogP contribution in [0.25, 0.3) is 0 Å². The van der Waals surface area contributed by atoms with E-state index in [4.69, 9.17) is 4.74 Å². The minimum Gasteiger partial charge on any atom is -0.455 e. The van der Waals surface area contributed by atoms with Gasteiger partial charge in [-0.1, -0.05) is 104 Å². The molecule has 328 valence electrons. The predicted octanol–water partition coefficient (Wildman–Crippen LogP) is 7.77. The van der Waals surface area contributed by atoms with E-state index in [1.165, 1.54) is 23.8 Å². The molecule has 60 heavy (non-hydrogen) atoms. The summed E-state index contributed by atoms with van der Waals surface area (Å²) >= 11 is 1.22. The van der Waals surface area contributed by atoms with Crippen molar-refractivity contribution in [2.24, 2.45) is 17.8 Å². The van der Waals surface area contributed by atoms with Gasteiger partial charge in [0.15, 0.2) is 6.10 Å². The molecule has 7 atom stereocenters. The van der Waals surface area contributed by atoms with E-state index in [0.717, 1.165) is 37.1 Å². The number of rotatable bonds is 20. The number of piperidine rings is 1. The Kier molecular flexibility index (Phi) is 18.3. The summed E-state index contributed by atoms with van der Waals surface area (Å²) in [5.74, 6) is -1.58. The highest BCUT2D eigenvalue weighted by Gasteiger charge is 2.37. The second-order valence-electron chi connectivity index (χ2n) is 17.3. The fourth-order valence-electron chi connectivity index (χ4n) is 7.86. The first-order valence-corrected chi connectivity index (χ1v) is 22.5. The Labute approximate surface area is 361 Å². The molecule has 0 aliphatic carbocycles. The third kappa shape index (κ3) is 13.7. The number of nitrogens with one attached hydrogen (secondary N) is 3. The number of carbonyl (C=O) groups is 5. The first-order valence-electron chi connectivity index (χ1n) is 21.6. The van der Waals surface area contributed by atoms with Gasteiger partial charge >= 0.3 is 5.97 Å². The summed E-state index contributed by atoms with van der Waals surface area (Å²) in [5.41, 5.74) is 3.10. The molecule has 13 heteroatoms. The first-order chi connectivity index (χ1) is 28.5. The van der Waals surface area contributed by atoms with Gasteiger partial charge in [0.05, 0.1) is 6.04 Å². The lowest BCUT2D eigenvalue weighted by Crippen LogP contribution is -2.58. The van der Waals surface area contributed by atoms with E-state index in [1.807, 2.05) is 96.3 Å². The molecule has 2 heterocycles. The minimum absolute atomic E-state index is 0.0464. The van der Waals surface area contributed by atoms with Gasteiger partial charge in [-0.3, -0.25) is 28.9 Å². The fraction of sp³-hybridized carbons (Fsp3) is 0.574. The second kappa shape index (κ2) is 22.8. The van der Waals surface area contributed by atoms with Crippen molar-refractivity contribution >= 4 is 46.6 Å². The van der Waals surface area contributed by atoms with Crippen LogP contribution < -0.4 is 16.0 Å². The summed E-state index contributed by atoms with van der Waals surface area (Å²) in [7, 11) is 3.69. The SMILES string of the molecule is CC[C@H](C)C(NC(=O)[C@H]1CCCCN1C)C(=O)N(C)[C@H](C[C@@H](OC(C)=O)c1nc(C(=O)N[C@@H](Cc2ccccc2)C[C@H](C)C(=O)Nc2ccc(C(C)C)cc2)cs1)C(C)C. The molecule has 0 radical (unpaired) electrons. The number of hydrogen-bond donors (Lipinski definition) is 3. The number of esters is 1. The Morgan fingerprint density at radius 2 is 1.62 bits per heavy atom. The Morgan fingerprint density at radius 1 is 0.933 bits per heavy atom. The Balaban J connectivity index is 1.50. The van der Waals surface area contributed by atoms with E-state index in [0.29, 0.717) is 30.2 Å². The quantitative estimate of drug-likeness (QED) is 0.0978. The summed E-state index contributed by atoms with van der Waals surface area (Å²) in [5, 5.41) is 11.3. The van der Waals surface area contributed by atoms with Crippen molar-refractivity contribution < 1.29 is 28.7 Å². The van der Waals surface area contributed by atoms with Gasteiger partial charge in [-0.25, -0.2) is 4.98 Å². The second-order valence-corrected chi connectivity index (χ2v) is 18.2. The molecule has 0 saturated carbocycles. The number of hydrogen-bond acceptors (Lipinski definition) is 9. The lowest BCUT2D eigenvalue weighted by molar-refractivity contribution is -0.149. The zero-order valence-electron chi connectivity index (χ0n) is 37.3. The molecule has 0 spiro atoms. The maximum atomic E-state index is 14.3. The van der Waals surface area contributed by atoms with Crippen LogP contribution in [0, 0.1) is 17.8 Å². The van der Waals surface area contributed by atoms with Crippen molar-refractivity contribution in [3.05, 3.63) is 81.8 Å². The highest BCUT2D eigenvalue weighted by atomic mass is 32.1. The van der Waals surface area contributed by atoms with E-state index in [9.17, 15) is 24.0 Å². The van der Waals surface area contributed by atoms with Gasteiger partial charge in [-0.15, -0.1) is 11.3 Å². The van der Waals surface area contributed by atoms with Crippen LogP contribution in [-0.2, 0) is 30.3 Å². The standard InChI is InChI=1S/C47H68N6O6S/c1-11-31(6)42(51-45(57)39-19-15-16-24-52(39)9)47(58)53(10)40(30(4)5)27-41(59-33(8)54)46-50-38(28-60-46)44(56)49-37(26-34-17-13-12-14-18-34)25-32(7)43(55)48-36-22-20-35(21-23-36)29(2)3/h12-14,17-18,20-23,28-32,37,39-42H,11,15-16,19,24-27H2,1-10H3,(H,48,55)(H,49,56)(H,51,57)/t31-,32-,37+,39+,40+,41+,42?/m0/s1. The van der Waals surface area contributed by atoms with Crippen LogP contribution in [0.5, 0.6) is 0 Å². The number of thiazole rings is 1. The normalized spacial score (nSPS) is 17.5. The summed E-state index contributed by atoms with van der Waals surface area (Å²) < 4.78 is 5.85. The predicted molar refractivity (Wildman–Crippen MR) is 239 cm³/mol. The number of likely N-dealkylation sites (N-methyl/N-ethyl adjacent to an activating group) is 2. The molecule has 1 aliphatic rings. The van der Waals surface area contributed by atoms with Gasteiger partial charge in [-0.05, 0) is 80.3 Å². The van der Waals surface area contributed by atoms with Gasteiger partial charge in [-0.2, -0.15) is 0 Å². The van der Waals surface area contributed by atoms with Gasteiger partial charge in [0.25, 0.3) is 5.91 Å². The van der Waals surface area contributed by atoms with Gasteiger partial charge in [0.2, 0.25) is 17.7 Å². The average molecular weight is 845 g/mol. The first kappa shape index (κ1) is 48.1. The highest BCUT2D eigenvalue weighted by molar-refractivity contribution is 7.09. The summed E-state index contributed by atoms with van der Waals surface area (Å²) in [4.78, 5) is 76.0. The topological polar surface area (TPSA) is 150 Å². The summed E-state index contributed by atoms with van der Waals surface area (Å²) in [6.45, 7) is 16.3. The average Bonchev–Trinajstić information content (AvgIpc) is 3.72. The smallest absolute Gasteiger partial charge is 0.303 e. The van der Waals surface area contributed by atoms with Crippen molar-refractivity contribution in [3.8, 4) is 0 Å². The Bertz CT molecular complexity index is 1870. The largest absolute Gasteiger partial charge is 0.455 e. The molecule has 2 aromatic carbocycles. The number of ether oxygens (including phenoxy) is 1. The van der Waals surface area contributed by atoms with E-state index in [2.05, 4.69) is 39.7 Å². The van der Waals surface area contributed by atoms with E-state index in [1.54, 1.807) is 17.3 Å². The molecule has 1 saturated heterocycles. The Morgan fingerprint density at radius 3 is 2.22 bits per heavy atom. The number of nitrogens with zero attached hydrogens (tertiary/aromatic N) is 3. The molecular formula is C47H68N6O6S. The lowest BCUT2D eigenvalue weighted by Gasteiger charge is -2.38. The van der Waals surface area contributed by atoms with Crippen molar-refractivity contribution in [1.29, 1.82) is 0 Å². The maximum Gasteiger partial charge on any atom is 0.303 e. The van der Waals surface area contributed by atoms with Crippen LogP contribution in [0.15, 0.2) is 60.0 Å². The van der Waals surface area contributed by atoms with E-state index >= 15 is 0 Å². The zero-order chi connectivity index (χ0) is 44.1. The van der Waals surface area contributed by atoms with Crippen LogP contribution >= 0.6 is 11.3 Å². The Hall–Kier alpha value is -4.62. The number of amides is 4. The summed E-state index contributed by atoms with van der Waals surface area (Å²) in [6, 6.07) is 15.9. The van der Waals surface area contributed by atoms with E-state index < -0.39 is 29.9 Å². The van der Waals surface area contributed by atoms with Crippen molar-refractivity contribution in [2.75, 3.05) is 26.0 Å². The number of carbonyl (C=O) groups excluding carboxylic acids is 5. The van der Waals surface area contributed by atoms with Crippen molar-refractivity contribution in [2.45, 2.75) is 137 Å². The molecule has 1 fully saturated rings. The number of aromatic nitrogens is 1. The molecule has 1 aliphatic heterocycles. The number of likely N-dealkylation sites (tertiary alicyclic amines) is 1.